The fraction of sp³-hybridized carbons (Fsp3) is 0. The number of hydrogen-bond acceptors (Lipinski definition) is 6. The number of rotatable bonds is 10. The summed E-state index contributed by atoms with van der Waals surface area (Å²) >= 11 is 0. The van der Waals surface area contributed by atoms with Gasteiger partial charge in [0.05, 0.1) is 11.4 Å². The number of aliphatic imine (C=N–C) groups is 2. The van der Waals surface area contributed by atoms with Crippen LogP contribution in [0.1, 0.15) is 11.1 Å². The molecule has 9 aromatic rings. The van der Waals surface area contributed by atoms with Crippen molar-refractivity contribution in [2.75, 3.05) is 9.80 Å². The fourth-order valence-corrected chi connectivity index (χ4v) is 7.21. The van der Waals surface area contributed by atoms with Crippen molar-refractivity contribution in [2.45, 2.75) is 0 Å². The number of anilines is 6. The summed E-state index contributed by atoms with van der Waals surface area (Å²) in [5.41, 5.74) is 8.03. The van der Waals surface area contributed by atoms with Crippen molar-refractivity contribution < 1.29 is 31.3 Å². The van der Waals surface area contributed by atoms with E-state index in [0.29, 0.717) is 22.5 Å². The predicted molar refractivity (Wildman–Crippen MR) is 242 cm³/mol. The molecular weight excluding hydrogens is 908 g/mol. The second kappa shape index (κ2) is 17.5. The number of aromatic hydroxyl groups is 2. The summed E-state index contributed by atoms with van der Waals surface area (Å²) in [7, 11) is 0. The zero-order valence-corrected chi connectivity index (χ0v) is 34.1. The number of para-hydroxylation sites is 4. The summed E-state index contributed by atoms with van der Waals surface area (Å²) in [5.74, 6) is 0.215. The molecule has 7 heteroatoms. The standard InChI is InChI=1S/C52H38N4O2.Pt/c57-51-29-27-47(55(43-17-3-1-4-18-43)45-25-23-37-13-7-9-15-39(37)31-45)33-41(51)35-53-49-21-11-12-22-50(49)54-36-42-34-48(28-30-52(42)58)56(44-19-5-2-6-20-44)46-26-24-38-14-8-10-16-40(38)32-46;/h1-36,57-58H;. The van der Waals surface area contributed by atoms with E-state index in [4.69, 9.17) is 9.98 Å². The number of hydrogen-bond donors (Lipinski definition) is 2. The van der Waals surface area contributed by atoms with Gasteiger partial charge in [0.1, 0.15) is 11.5 Å². The minimum absolute atomic E-state index is 0. The predicted octanol–water partition coefficient (Wildman–Crippen LogP) is 13.8. The molecule has 0 saturated heterocycles. The number of phenols is 2. The molecule has 0 aliphatic carbocycles. The maximum Gasteiger partial charge on any atom is 0.124 e. The van der Waals surface area contributed by atoms with E-state index >= 15 is 0 Å². The molecule has 9 aromatic carbocycles. The molecule has 288 valence electrons. The molecule has 9 rings (SSSR count). The van der Waals surface area contributed by atoms with Crippen LogP contribution in [0.25, 0.3) is 21.5 Å². The number of fused-ring (bicyclic) bond motifs is 2. The Morgan fingerprint density at radius 3 is 1.08 bits per heavy atom. The van der Waals surface area contributed by atoms with Crippen molar-refractivity contribution in [3.63, 3.8) is 0 Å². The third-order valence-electron chi connectivity index (χ3n) is 10.1. The molecule has 6 nitrogen and oxygen atoms in total. The van der Waals surface area contributed by atoms with Gasteiger partial charge in [-0.2, -0.15) is 0 Å². The Hall–Kier alpha value is -7.27. The summed E-state index contributed by atoms with van der Waals surface area (Å²) < 4.78 is 0. The van der Waals surface area contributed by atoms with Crippen LogP contribution in [0.4, 0.5) is 45.5 Å². The van der Waals surface area contributed by atoms with Gasteiger partial charge in [0.15, 0.2) is 0 Å². The SMILES string of the molecule is Oc1ccc(N(c2ccccc2)c2ccc3ccccc3c2)cc1C=Nc1ccccc1N=Cc1cc(N(c2ccccc2)c2ccc3ccccc3c2)ccc1O.[Pt]. The molecule has 0 aliphatic heterocycles. The summed E-state index contributed by atoms with van der Waals surface area (Å²) in [6, 6.07) is 68.4. The summed E-state index contributed by atoms with van der Waals surface area (Å²) in [6.07, 6.45) is 3.33. The van der Waals surface area contributed by atoms with E-state index < -0.39 is 0 Å². The molecule has 2 N–H and O–H groups in total. The summed E-state index contributed by atoms with van der Waals surface area (Å²) in [4.78, 5) is 14.0. The van der Waals surface area contributed by atoms with Crippen LogP contribution in [0.2, 0.25) is 0 Å². The third kappa shape index (κ3) is 8.40. The Morgan fingerprint density at radius 2 is 0.661 bits per heavy atom. The van der Waals surface area contributed by atoms with Crippen LogP contribution in [0.3, 0.4) is 0 Å². The molecule has 59 heavy (non-hydrogen) atoms. The number of benzene rings is 9. The quantitative estimate of drug-likeness (QED) is 0.134. The zero-order valence-electron chi connectivity index (χ0n) is 31.8. The first kappa shape index (κ1) is 38.6. The van der Waals surface area contributed by atoms with E-state index in [2.05, 4.69) is 94.7 Å². The number of nitrogens with zero attached hydrogens (tertiary/aromatic N) is 4. The van der Waals surface area contributed by atoms with Gasteiger partial charge in [0, 0.05) is 78.7 Å². The molecule has 0 heterocycles. The molecule has 0 radical (unpaired) electrons. The molecule has 0 atom stereocenters. The van der Waals surface area contributed by atoms with Crippen molar-refractivity contribution in [3.8, 4) is 11.5 Å². The van der Waals surface area contributed by atoms with E-state index in [1.807, 2.05) is 109 Å². The molecule has 0 amide bonds. The first-order valence-corrected chi connectivity index (χ1v) is 19.1. The van der Waals surface area contributed by atoms with Gasteiger partial charge in [-0.05, 0) is 119 Å². The Morgan fingerprint density at radius 1 is 0.322 bits per heavy atom. The Balaban J connectivity index is 0.00000484. The van der Waals surface area contributed by atoms with E-state index in [9.17, 15) is 10.2 Å². The van der Waals surface area contributed by atoms with Gasteiger partial charge < -0.3 is 20.0 Å². The summed E-state index contributed by atoms with van der Waals surface area (Å²) in [6.45, 7) is 0. The van der Waals surface area contributed by atoms with Gasteiger partial charge in [0.2, 0.25) is 0 Å². The van der Waals surface area contributed by atoms with E-state index in [-0.39, 0.29) is 32.6 Å². The van der Waals surface area contributed by atoms with Crippen LogP contribution < -0.4 is 9.80 Å². The van der Waals surface area contributed by atoms with Gasteiger partial charge in [-0.1, -0.05) is 109 Å². The van der Waals surface area contributed by atoms with Crippen LogP contribution in [-0.2, 0) is 21.1 Å². The van der Waals surface area contributed by atoms with Crippen molar-refractivity contribution in [1.29, 1.82) is 0 Å². The second-order valence-corrected chi connectivity index (χ2v) is 13.9. The normalized spacial score (nSPS) is 11.3. The fourth-order valence-electron chi connectivity index (χ4n) is 7.21. The Labute approximate surface area is 357 Å². The van der Waals surface area contributed by atoms with Crippen LogP contribution in [0.15, 0.2) is 216 Å². The molecule has 0 fully saturated rings. The molecule has 0 saturated carbocycles. The smallest absolute Gasteiger partial charge is 0.124 e. The van der Waals surface area contributed by atoms with Gasteiger partial charge in [-0.25, -0.2) is 0 Å². The monoisotopic (exact) mass is 945 g/mol. The minimum Gasteiger partial charge on any atom is -0.507 e. The van der Waals surface area contributed by atoms with E-state index in [0.717, 1.165) is 55.7 Å². The number of phenolic OH excluding ortho intramolecular Hbond substituents is 2. The Bertz CT molecular complexity index is 2750. The first-order valence-electron chi connectivity index (χ1n) is 19.1. The van der Waals surface area contributed by atoms with E-state index in [1.165, 1.54) is 0 Å². The molecular formula is C52H38N4O2Pt. The maximum atomic E-state index is 11.0. The average molecular weight is 946 g/mol. The average Bonchev–Trinajstić information content (AvgIpc) is 3.27. The molecule has 0 unspecified atom stereocenters. The maximum absolute atomic E-state index is 11.0. The molecule has 0 bridgehead atoms. The van der Waals surface area contributed by atoms with Gasteiger partial charge in [0.25, 0.3) is 0 Å². The van der Waals surface area contributed by atoms with Crippen molar-refractivity contribution in [1.82, 2.24) is 0 Å². The molecule has 0 spiro atoms. The van der Waals surface area contributed by atoms with Crippen LogP contribution in [-0.4, -0.2) is 22.6 Å². The first-order chi connectivity index (χ1) is 28.6. The largest absolute Gasteiger partial charge is 0.507 e. The van der Waals surface area contributed by atoms with Gasteiger partial charge >= 0.3 is 0 Å². The van der Waals surface area contributed by atoms with Crippen molar-refractivity contribution in [2.24, 2.45) is 9.98 Å². The van der Waals surface area contributed by atoms with Crippen LogP contribution in [0.5, 0.6) is 11.5 Å². The minimum atomic E-state index is 0. The third-order valence-corrected chi connectivity index (χ3v) is 10.1. The van der Waals surface area contributed by atoms with Gasteiger partial charge in [-0.15, -0.1) is 0 Å². The zero-order chi connectivity index (χ0) is 39.3. The van der Waals surface area contributed by atoms with Crippen LogP contribution >= 0.6 is 0 Å². The molecule has 0 aliphatic rings. The van der Waals surface area contributed by atoms with Crippen LogP contribution in [0, 0.1) is 0 Å². The topological polar surface area (TPSA) is 71.7 Å². The summed E-state index contributed by atoms with van der Waals surface area (Å²) in [5, 5.41) is 26.7. The van der Waals surface area contributed by atoms with Gasteiger partial charge in [-0.3, -0.25) is 9.98 Å². The van der Waals surface area contributed by atoms with E-state index in [1.54, 1.807) is 24.6 Å². The molecule has 0 aromatic heterocycles. The van der Waals surface area contributed by atoms with Crippen molar-refractivity contribution in [3.05, 3.63) is 217 Å². The second-order valence-electron chi connectivity index (χ2n) is 13.9. The van der Waals surface area contributed by atoms with Crippen molar-refractivity contribution >= 4 is 79.5 Å². The Kier molecular flexibility index (Phi) is 11.4.